The van der Waals surface area contributed by atoms with Gasteiger partial charge < -0.3 is 14.8 Å². The van der Waals surface area contributed by atoms with Crippen LogP contribution in [0.1, 0.15) is 18.9 Å². The summed E-state index contributed by atoms with van der Waals surface area (Å²) >= 11 is 3.52. The van der Waals surface area contributed by atoms with Crippen molar-refractivity contribution < 1.29 is 9.47 Å². The minimum atomic E-state index is 0.165. The molecule has 0 fully saturated rings. The van der Waals surface area contributed by atoms with Crippen molar-refractivity contribution in [2.75, 3.05) is 20.8 Å². The molecule has 0 saturated carbocycles. The zero-order chi connectivity index (χ0) is 12.7. The van der Waals surface area contributed by atoms with Crippen molar-refractivity contribution in [3.8, 4) is 5.75 Å². The van der Waals surface area contributed by atoms with Crippen LogP contribution >= 0.6 is 15.9 Å². The van der Waals surface area contributed by atoms with E-state index in [4.69, 9.17) is 9.47 Å². The molecule has 1 unspecified atom stereocenters. The summed E-state index contributed by atoms with van der Waals surface area (Å²) in [7, 11) is 3.64. The standard InChI is InChI=1S/C13H20BrNO2/c1-10(6-7-16-3)17-12-4-5-13(14)11(8-12)9-15-2/h4-5,8,10,15H,6-7,9H2,1-3H3. The van der Waals surface area contributed by atoms with Gasteiger partial charge in [-0.25, -0.2) is 0 Å². The molecule has 4 heteroatoms. The topological polar surface area (TPSA) is 30.5 Å². The van der Waals surface area contributed by atoms with Gasteiger partial charge in [0.05, 0.1) is 6.10 Å². The molecule has 0 amide bonds. The third-order valence-corrected chi connectivity index (χ3v) is 3.22. The maximum absolute atomic E-state index is 5.83. The molecular weight excluding hydrogens is 282 g/mol. The Kier molecular flexibility index (Phi) is 6.55. The minimum absolute atomic E-state index is 0.165. The zero-order valence-corrected chi connectivity index (χ0v) is 12.2. The van der Waals surface area contributed by atoms with Crippen LogP contribution in [0.4, 0.5) is 0 Å². The van der Waals surface area contributed by atoms with Crippen LogP contribution in [0.25, 0.3) is 0 Å². The molecule has 1 atom stereocenters. The highest BCUT2D eigenvalue weighted by Gasteiger charge is 2.06. The second kappa shape index (κ2) is 7.69. The highest BCUT2D eigenvalue weighted by molar-refractivity contribution is 9.10. The van der Waals surface area contributed by atoms with E-state index in [0.29, 0.717) is 0 Å². The molecule has 17 heavy (non-hydrogen) atoms. The van der Waals surface area contributed by atoms with Gasteiger partial charge in [-0.15, -0.1) is 0 Å². The van der Waals surface area contributed by atoms with Crippen molar-refractivity contribution in [2.24, 2.45) is 0 Å². The maximum Gasteiger partial charge on any atom is 0.120 e. The summed E-state index contributed by atoms with van der Waals surface area (Å²) in [6, 6.07) is 6.06. The van der Waals surface area contributed by atoms with Crippen LogP contribution in [-0.2, 0) is 11.3 Å². The van der Waals surface area contributed by atoms with Crippen molar-refractivity contribution in [1.29, 1.82) is 0 Å². The van der Waals surface area contributed by atoms with E-state index in [-0.39, 0.29) is 6.10 Å². The van der Waals surface area contributed by atoms with Gasteiger partial charge in [0.25, 0.3) is 0 Å². The van der Waals surface area contributed by atoms with Gasteiger partial charge in [0.2, 0.25) is 0 Å². The van der Waals surface area contributed by atoms with Gasteiger partial charge in [-0.05, 0) is 37.7 Å². The first kappa shape index (κ1) is 14.5. The molecule has 0 aliphatic heterocycles. The molecule has 0 radical (unpaired) electrons. The van der Waals surface area contributed by atoms with E-state index < -0.39 is 0 Å². The van der Waals surface area contributed by atoms with Gasteiger partial charge in [0.1, 0.15) is 5.75 Å². The fourth-order valence-electron chi connectivity index (χ4n) is 1.53. The third-order valence-electron chi connectivity index (χ3n) is 2.45. The molecule has 1 N–H and O–H groups in total. The Labute approximate surface area is 112 Å². The predicted molar refractivity (Wildman–Crippen MR) is 73.5 cm³/mol. The van der Waals surface area contributed by atoms with Gasteiger partial charge in [-0.1, -0.05) is 15.9 Å². The van der Waals surface area contributed by atoms with Gasteiger partial charge in [-0.3, -0.25) is 0 Å². The smallest absolute Gasteiger partial charge is 0.120 e. The Morgan fingerprint density at radius 3 is 2.82 bits per heavy atom. The Hall–Kier alpha value is -0.580. The summed E-state index contributed by atoms with van der Waals surface area (Å²) in [5, 5.41) is 3.13. The first-order valence-corrected chi connectivity index (χ1v) is 6.55. The number of hydrogen-bond donors (Lipinski definition) is 1. The lowest BCUT2D eigenvalue weighted by Crippen LogP contribution is -2.14. The number of nitrogens with one attached hydrogen (secondary N) is 1. The molecule has 0 spiro atoms. The van der Waals surface area contributed by atoms with Crippen molar-refractivity contribution in [1.82, 2.24) is 5.32 Å². The molecule has 0 heterocycles. The summed E-state index contributed by atoms with van der Waals surface area (Å²) < 4.78 is 12.0. The largest absolute Gasteiger partial charge is 0.491 e. The SMILES string of the molecule is CNCc1cc(OC(C)CCOC)ccc1Br. The van der Waals surface area contributed by atoms with Crippen LogP contribution in [0.15, 0.2) is 22.7 Å². The van der Waals surface area contributed by atoms with E-state index in [1.165, 1.54) is 5.56 Å². The quantitative estimate of drug-likeness (QED) is 0.840. The number of benzene rings is 1. The van der Waals surface area contributed by atoms with Crippen molar-refractivity contribution >= 4 is 15.9 Å². The number of hydrogen-bond acceptors (Lipinski definition) is 3. The summed E-state index contributed by atoms with van der Waals surface area (Å²) in [4.78, 5) is 0. The van der Waals surface area contributed by atoms with E-state index in [1.54, 1.807) is 7.11 Å². The molecule has 1 rings (SSSR count). The average molecular weight is 302 g/mol. The van der Waals surface area contributed by atoms with Crippen LogP contribution in [0.5, 0.6) is 5.75 Å². The van der Waals surface area contributed by atoms with Crippen molar-refractivity contribution in [3.63, 3.8) is 0 Å². The van der Waals surface area contributed by atoms with E-state index in [9.17, 15) is 0 Å². The predicted octanol–water partition coefficient (Wildman–Crippen LogP) is 2.97. The van der Waals surface area contributed by atoms with Gasteiger partial charge >= 0.3 is 0 Å². The average Bonchev–Trinajstić information content (AvgIpc) is 2.31. The lowest BCUT2D eigenvalue weighted by molar-refractivity contribution is 0.135. The van der Waals surface area contributed by atoms with Crippen LogP contribution < -0.4 is 10.1 Å². The van der Waals surface area contributed by atoms with E-state index >= 15 is 0 Å². The summed E-state index contributed by atoms with van der Waals surface area (Å²) in [6.07, 6.45) is 1.06. The minimum Gasteiger partial charge on any atom is -0.491 e. The Balaban J connectivity index is 2.61. The molecular formula is C13H20BrNO2. The third kappa shape index (κ3) is 5.06. The summed E-state index contributed by atoms with van der Waals surface area (Å²) in [6.45, 7) is 3.60. The lowest BCUT2D eigenvalue weighted by Gasteiger charge is -2.15. The molecule has 3 nitrogen and oxygen atoms in total. The number of methoxy groups -OCH3 is 1. The Morgan fingerprint density at radius 1 is 1.41 bits per heavy atom. The first-order chi connectivity index (χ1) is 8.17. The normalized spacial score (nSPS) is 12.5. The van der Waals surface area contributed by atoms with Crippen LogP contribution in [-0.4, -0.2) is 26.9 Å². The fourth-order valence-corrected chi connectivity index (χ4v) is 1.91. The Bertz CT molecular complexity index is 344. The van der Waals surface area contributed by atoms with Gasteiger partial charge in [0.15, 0.2) is 0 Å². The monoisotopic (exact) mass is 301 g/mol. The van der Waals surface area contributed by atoms with E-state index in [2.05, 4.69) is 34.2 Å². The van der Waals surface area contributed by atoms with Crippen molar-refractivity contribution in [3.05, 3.63) is 28.2 Å². The molecule has 96 valence electrons. The summed E-state index contributed by atoms with van der Waals surface area (Å²) in [5.74, 6) is 0.905. The van der Waals surface area contributed by atoms with Crippen LogP contribution in [0, 0.1) is 0 Å². The van der Waals surface area contributed by atoms with Gasteiger partial charge in [0, 0.05) is 31.2 Å². The molecule has 0 aromatic heterocycles. The summed E-state index contributed by atoms with van der Waals surface area (Å²) in [5.41, 5.74) is 1.20. The molecule has 0 aliphatic carbocycles. The second-order valence-corrected chi connectivity index (χ2v) is 4.85. The van der Waals surface area contributed by atoms with Crippen LogP contribution in [0.3, 0.4) is 0 Å². The van der Waals surface area contributed by atoms with E-state index in [0.717, 1.165) is 29.8 Å². The molecule has 0 saturated heterocycles. The number of rotatable bonds is 7. The number of ether oxygens (including phenoxy) is 2. The van der Waals surface area contributed by atoms with Crippen LogP contribution in [0.2, 0.25) is 0 Å². The zero-order valence-electron chi connectivity index (χ0n) is 10.6. The molecule has 1 aromatic carbocycles. The number of halogens is 1. The highest BCUT2D eigenvalue weighted by atomic mass is 79.9. The molecule has 0 aliphatic rings. The van der Waals surface area contributed by atoms with Crippen molar-refractivity contribution in [2.45, 2.75) is 26.0 Å². The highest BCUT2D eigenvalue weighted by Crippen LogP contribution is 2.23. The lowest BCUT2D eigenvalue weighted by atomic mass is 10.2. The molecule has 1 aromatic rings. The molecule has 0 bridgehead atoms. The van der Waals surface area contributed by atoms with Gasteiger partial charge in [-0.2, -0.15) is 0 Å². The Morgan fingerprint density at radius 2 is 2.18 bits per heavy atom. The second-order valence-electron chi connectivity index (χ2n) is 3.99. The maximum atomic E-state index is 5.83. The fraction of sp³-hybridized carbons (Fsp3) is 0.538. The van der Waals surface area contributed by atoms with E-state index in [1.807, 2.05) is 19.2 Å². The first-order valence-electron chi connectivity index (χ1n) is 5.76.